The van der Waals surface area contributed by atoms with Crippen molar-refractivity contribution in [2.45, 2.75) is 39.7 Å². The van der Waals surface area contributed by atoms with Crippen molar-refractivity contribution >= 4 is 23.3 Å². The molecule has 5 nitrogen and oxygen atoms in total. The van der Waals surface area contributed by atoms with Crippen LogP contribution in [-0.4, -0.2) is 20.5 Å². The van der Waals surface area contributed by atoms with Gasteiger partial charge in [0.05, 0.1) is 0 Å². The second-order valence-electron chi connectivity index (χ2n) is 8.99. The summed E-state index contributed by atoms with van der Waals surface area (Å²) in [5.41, 5.74) is 4.71. The van der Waals surface area contributed by atoms with E-state index in [-0.39, 0.29) is 17.2 Å². The molecule has 1 aliphatic carbocycles. The third-order valence-corrected chi connectivity index (χ3v) is 6.01. The first kappa shape index (κ1) is 19.1. The fraction of sp³-hybridized carbons (Fsp3) is 0.292. The molecule has 2 heterocycles. The molecule has 0 radical (unpaired) electrons. The lowest BCUT2D eigenvalue weighted by atomic mass is 9.73. The molecule has 0 spiro atoms. The number of carbonyl (C=O) groups excluding carboxylic acids is 1. The fourth-order valence-corrected chi connectivity index (χ4v) is 4.70. The lowest BCUT2D eigenvalue weighted by Crippen LogP contribution is -2.36. The van der Waals surface area contributed by atoms with E-state index in [1.54, 1.807) is 0 Å². The highest BCUT2D eigenvalue weighted by atomic mass is 35.5. The van der Waals surface area contributed by atoms with Crippen LogP contribution in [0.3, 0.4) is 0 Å². The summed E-state index contributed by atoms with van der Waals surface area (Å²) >= 11 is 6.18. The van der Waals surface area contributed by atoms with Gasteiger partial charge in [-0.1, -0.05) is 67.4 Å². The number of allylic oxidation sites excluding steroid dienone is 2. The first-order valence-corrected chi connectivity index (χ1v) is 10.5. The highest BCUT2D eigenvalue weighted by Gasteiger charge is 2.41. The average molecular weight is 419 g/mol. The summed E-state index contributed by atoms with van der Waals surface area (Å²) in [4.78, 5) is 18.0. The number of anilines is 1. The minimum absolute atomic E-state index is 0.0853. The molecule has 0 saturated heterocycles. The Morgan fingerprint density at radius 2 is 1.93 bits per heavy atom. The number of aryl methyl sites for hydroxylation is 1. The highest BCUT2D eigenvalue weighted by Crippen LogP contribution is 2.45. The molecule has 0 bridgehead atoms. The monoisotopic (exact) mass is 418 g/mol. The van der Waals surface area contributed by atoms with Gasteiger partial charge in [-0.2, -0.15) is 4.98 Å². The van der Waals surface area contributed by atoms with Crippen molar-refractivity contribution in [3.05, 3.63) is 76.0 Å². The van der Waals surface area contributed by atoms with E-state index in [0.717, 1.165) is 34.4 Å². The topological polar surface area (TPSA) is 59.8 Å². The number of hydrogen-bond acceptors (Lipinski definition) is 4. The first-order valence-electron chi connectivity index (χ1n) is 10.1. The number of halogens is 1. The molecular formula is C24H23ClN4O. The number of Topliss-reactive ketones (excluding diaryl/α,β-unsaturated/α-hetero) is 1. The Morgan fingerprint density at radius 3 is 2.70 bits per heavy atom. The quantitative estimate of drug-likeness (QED) is 0.591. The van der Waals surface area contributed by atoms with Crippen LogP contribution in [0.5, 0.6) is 0 Å². The molecule has 5 rings (SSSR count). The van der Waals surface area contributed by atoms with Crippen LogP contribution in [0.15, 0.2) is 59.8 Å². The summed E-state index contributed by atoms with van der Waals surface area (Å²) in [6.07, 6.45) is 1.33. The number of aromatic nitrogens is 3. The van der Waals surface area contributed by atoms with Gasteiger partial charge >= 0.3 is 0 Å². The van der Waals surface area contributed by atoms with Gasteiger partial charge in [-0.05, 0) is 36.5 Å². The minimum Gasteiger partial charge on any atom is -0.328 e. The van der Waals surface area contributed by atoms with Crippen molar-refractivity contribution in [3.8, 4) is 11.4 Å². The second-order valence-corrected chi connectivity index (χ2v) is 9.43. The number of nitrogens with zero attached hydrogens (tertiary/aromatic N) is 3. The molecule has 2 aliphatic rings. The zero-order chi connectivity index (χ0) is 21.0. The normalized spacial score (nSPS) is 19.9. The molecule has 0 fully saturated rings. The van der Waals surface area contributed by atoms with Crippen LogP contribution in [0.1, 0.15) is 43.9 Å². The Labute approximate surface area is 180 Å². The summed E-state index contributed by atoms with van der Waals surface area (Å²) in [5, 5.41) is 8.87. The van der Waals surface area contributed by atoms with Crippen LogP contribution in [0.4, 0.5) is 5.95 Å². The molecule has 6 heteroatoms. The molecule has 0 unspecified atom stereocenters. The number of fused-ring (bicyclic) bond motifs is 1. The summed E-state index contributed by atoms with van der Waals surface area (Å²) < 4.78 is 1.85. The number of carbonyl (C=O) groups is 1. The maximum atomic E-state index is 13.3. The van der Waals surface area contributed by atoms with Crippen LogP contribution >= 0.6 is 11.6 Å². The second kappa shape index (κ2) is 6.81. The SMILES string of the molecule is Cc1cccc([C@@H]2C3=C(CC(C)(C)CC3=O)Nc3nc(-c4cccc(Cl)c4)nn32)c1. The van der Waals surface area contributed by atoms with E-state index < -0.39 is 0 Å². The molecule has 0 saturated carbocycles. The van der Waals surface area contributed by atoms with E-state index in [2.05, 4.69) is 44.3 Å². The smallest absolute Gasteiger partial charge is 0.226 e. The van der Waals surface area contributed by atoms with Gasteiger partial charge in [0, 0.05) is 28.3 Å². The largest absolute Gasteiger partial charge is 0.328 e. The molecule has 1 N–H and O–H groups in total. The van der Waals surface area contributed by atoms with E-state index in [0.29, 0.717) is 23.2 Å². The van der Waals surface area contributed by atoms with E-state index in [4.69, 9.17) is 21.7 Å². The predicted octanol–water partition coefficient (Wildman–Crippen LogP) is 5.57. The molecule has 152 valence electrons. The van der Waals surface area contributed by atoms with Crippen LogP contribution in [-0.2, 0) is 4.79 Å². The molecule has 0 amide bonds. The maximum Gasteiger partial charge on any atom is 0.226 e. The standard InChI is InChI=1S/C24H23ClN4O/c1-14-6-4-7-15(10-14)21-20-18(12-24(2,3)13-19(20)30)26-23-27-22(28-29(21)23)16-8-5-9-17(25)11-16/h4-11,21H,12-13H2,1-3H3,(H,26,27,28)/t21-/m1/s1. The number of nitrogens with one attached hydrogen (secondary N) is 1. The van der Waals surface area contributed by atoms with Gasteiger partial charge in [0.2, 0.25) is 5.95 Å². The zero-order valence-corrected chi connectivity index (χ0v) is 18.0. The zero-order valence-electron chi connectivity index (χ0n) is 17.2. The molecule has 30 heavy (non-hydrogen) atoms. The van der Waals surface area contributed by atoms with Crippen molar-refractivity contribution in [2.24, 2.45) is 5.41 Å². The Hall–Kier alpha value is -2.92. The van der Waals surface area contributed by atoms with Crippen molar-refractivity contribution in [1.29, 1.82) is 0 Å². The molecule has 1 aliphatic heterocycles. The molecule has 3 aromatic rings. The van der Waals surface area contributed by atoms with Crippen LogP contribution in [0, 0.1) is 12.3 Å². The number of rotatable bonds is 2. The van der Waals surface area contributed by atoms with E-state index in [1.165, 1.54) is 0 Å². The predicted molar refractivity (Wildman–Crippen MR) is 118 cm³/mol. The van der Waals surface area contributed by atoms with Gasteiger partial charge in [-0.3, -0.25) is 4.79 Å². The number of hydrogen-bond donors (Lipinski definition) is 1. The summed E-state index contributed by atoms with van der Waals surface area (Å²) in [5.74, 6) is 1.41. The number of benzene rings is 2. The highest BCUT2D eigenvalue weighted by molar-refractivity contribution is 6.30. The van der Waals surface area contributed by atoms with Gasteiger partial charge in [-0.15, -0.1) is 5.10 Å². The Morgan fingerprint density at radius 1 is 1.13 bits per heavy atom. The van der Waals surface area contributed by atoms with E-state index >= 15 is 0 Å². The third kappa shape index (κ3) is 3.23. The fourth-order valence-electron chi connectivity index (χ4n) is 4.51. The summed E-state index contributed by atoms with van der Waals surface area (Å²) in [6.45, 7) is 6.33. The molecule has 1 aromatic heterocycles. The van der Waals surface area contributed by atoms with Gasteiger partial charge in [-0.25, -0.2) is 4.68 Å². The molecular weight excluding hydrogens is 396 g/mol. The van der Waals surface area contributed by atoms with Crippen LogP contribution in [0.2, 0.25) is 5.02 Å². The van der Waals surface area contributed by atoms with Gasteiger partial charge < -0.3 is 5.32 Å². The average Bonchev–Trinajstić information content (AvgIpc) is 3.09. The molecule has 2 aromatic carbocycles. The van der Waals surface area contributed by atoms with Crippen molar-refractivity contribution in [2.75, 3.05) is 5.32 Å². The Bertz CT molecular complexity index is 1210. The molecule has 1 atom stereocenters. The summed E-state index contributed by atoms with van der Waals surface area (Å²) in [6, 6.07) is 15.5. The van der Waals surface area contributed by atoms with Crippen LogP contribution in [0.25, 0.3) is 11.4 Å². The van der Waals surface area contributed by atoms with E-state index in [9.17, 15) is 4.79 Å². The lowest BCUT2D eigenvalue weighted by molar-refractivity contribution is -0.118. The van der Waals surface area contributed by atoms with Crippen molar-refractivity contribution in [3.63, 3.8) is 0 Å². The number of ketones is 1. The first-order chi connectivity index (χ1) is 14.3. The Balaban J connectivity index is 1.69. The van der Waals surface area contributed by atoms with Gasteiger partial charge in [0.15, 0.2) is 11.6 Å². The third-order valence-electron chi connectivity index (χ3n) is 5.77. The maximum absolute atomic E-state index is 13.3. The minimum atomic E-state index is -0.291. The van der Waals surface area contributed by atoms with Crippen LogP contribution < -0.4 is 5.32 Å². The van der Waals surface area contributed by atoms with Gasteiger partial charge in [0.25, 0.3) is 0 Å². The van der Waals surface area contributed by atoms with Crippen molar-refractivity contribution < 1.29 is 4.79 Å². The van der Waals surface area contributed by atoms with Gasteiger partial charge in [0.1, 0.15) is 6.04 Å². The van der Waals surface area contributed by atoms with Crippen molar-refractivity contribution in [1.82, 2.24) is 14.8 Å². The summed E-state index contributed by atoms with van der Waals surface area (Å²) in [7, 11) is 0. The Kier molecular flexibility index (Phi) is 4.33. The lowest BCUT2D eigenvalue weighted by Gasteiger charge is -2.38. The van der Waals surface area contributed by atoms with E-state index in [1.807, 2.05) is 35.0 Å².